The van der Waals surface area contributed by atoms with Gasteiger partial charge in [-0.3, -0.25) is 14.8 Å². The lowest BCUT2D eigenvalue weighted by atomic mass is 9.95. The second-order valence-electron chi connectivity index (χ2n) is 7.12. The first-order valence-corrected chi connectivity index (χ1v) is 8.67. The van der Waals surface area contributed by atoms with Gasteiger partial charge in [-0.15, -0.1) is 0 Å². The van der Waals surface area contributed by atoms with Crippen LogP contribution in [0.15, 0.2) is 0 Å². The van der Waals surface area contributed by atoms with Crippen LogP contribution in [-0.2, 0) is 4.79 Å². The largest absolute Gasteiger partial charge is 0.352 e. The van der Waals surface area contributed by atoms with Crippen molar-refractivity contribution < 1.29 is 4.79 Å². The maximum atomic E-state index is 12.1. The summed E-state index contributed by atoms with van der Waals surface area (Å²) in [6, 6.07) is 0.431. The maximum absolute atomic E-state index is 12.1. The first-order valence-electron chi connectivity index (χ1n) is 8.67. The molecule has 1 saturated heterocycles. The Balaban J connectivity index is 1.30. The highest BCUT2D eigenvalue weighted by molar-refractivity contribution is 5.81. The average Bonchev–Trinajstić information content (AvgIpc) is 3.47. The SMILES string of the molecule is CC(C(=O)NC1CC1)N1CCC(c2nc(C3CC3)n[nH]2)CC1. The Hall–Kier alpha value is -1.43. The molecular weight excluding hydrogens is 278 g/mol. The van der Waals surface area contributed by atoms with Crippen LogP contribution in [0, 0.1) is 0 Å². The average molecular weight is 303 g/mol. The molecule has 0 aromatic carbocycles. The molecule has 1 amide bonds. The zero-order valence-corrected chi connectivity index (χ0v) is 13.2. The molecule has 4 rings (SSSR count). The van der Waals surface area contributed by atoms with E-state index in [-0.39, 0.29) is 11.9 Å². The number of piperidine rings is 1. The number of H-pyrrole nitrogens is 1. The number of hydrogen-bond donors (Lipinski definition) is 2. The predicted molar refractivity (Wildman–Crippen MR) is 82.5 cm³/mol. The Morgan fingerprint density at radius 1 is 1.18 bits per heavy atom. The van der Waals surface area contributed by atoms with E-state index in [0.717, 1.165) is 50.4 Å². The monoisotopic (exact) mass is 303 g/mol. The van der Waals surface area contributed by atoms with E-state index in [2.05, 4.69) is 25.4 Å². The van der Waals surface area contributed by atoms with Crippen molar-refractivity contribution in [3.8, 4) is 0 Å². The van der Waals surface area contributed by atoms with Crippen molar-refractivity contribution in [2.45, 2.75) is 69.4 Å². The third-order valence-corrected chi connectivity index (χ3v) is 5.23. The number of likely N-dealkylation sites (tertiary alicyclic amines) is 1. The Morgan fingerprint density at radius 3 is 2.55 bits per heavy atom. The van der Waals surface area contributed by atoms with Gasteiger partial charge >= 0.3 is 0 Å². The summed E-state index contributed by atoms with van der Waals surface area (Å²) in [6.45, 7) is 3.95. The zero-order valence-electron chi connectivity index (χ0n) is 13.2. The Morgan fingerprint density at radius 2 is 1.91 bits per heavy atom. The summed E-state index contributed by atoms with van der Waals surface area (Å²) >= 11 is 0. The van der Waals surface area contributed by atoms with E-state index in [1.54, 1.807) is 0 Å². The molecule has 1 atom stereocenters. The molecule has 2 heterocycles. The molecule has 2 aliphatic carbocycles. The standard InChI is InChI=1S/C16H25N5O/c1-10(16(22)17-13-4-5-13)21-8-6-12(7-9-21)15-18-14(19-20-15)11-2-3-11/h10-13H,2-9H2,1H3,(H,17,22)(H,18,19,20). The summed E-state index contributed by atoms with van der Waals surface area (Å²) < 4.78 is 0. The fourth-order valence-corrected chi connectivity index (χ4v) is 3.27. The first kappa shape index (κ1) is 14.2. The number of rotatable bonds is 5. The normalized spacial score (nSPS) is 25.1. The quantitative estimate of drug-likeness (QED) is 0.865. The second-order valence-corrected chi connectivity index (χ2v) is 7.12. The van der Waals surface area contributed by atoms with E-state index < -0.39 is 0 Å². The van der Waals surface area contributed by atoms with E-state index in [1.807, 2.05) is 6.92 Å². The van der Waals surface area contributed by atoms with Crippen LogP contribution in [0.2, 0.25) is 0 Å². The number of aromatic amines is 1. The maximum Gasteiger partial charge on any atom is 0.237 e. The Labute approximate surface area is 131 Å². The van der Waals surface area contributed by atoms with Gasteiger partial charge in [-0.25, -0.2) is 4.98 Å². The number of amides is 1. The third-order valence-electron chi connectivity index (χ3n) is 5.23. The summed E-state index contributed by atoms with van der Waals surface area (Å²) in [7, 11) is 0. The number of carbonyl (C=O) groups is 1. The van der Waals surface area contributed by atoms with Crippen LogP contribution in [0.5, 0.6) is 0 Å². The molecule has 22 heavy (non-hydrogen) atoms. The van der Waals surface area contributed by atoms with Crippen LogP contribution >= 0.6 is 0 Å². The number of hydrogen-bond acceptors (Lipinski definition) is 4. The highest BCUT2D eigenvalue weighted by Crippen LogP contribution is 2.38. The van der Waals surface area contributed by atoms with Gasteiger partial charge in [0.2, 0.25) is 5.91 Å². The first-order chi connectivity index (χ1) is 10.7. The van der Waals surface area contributed by atoms with Crippen molar-refractivity contribution in [1.29, 1.82) is 0 Å². The van der Waals surface area contributed by atoms with Crippen LogP contribution in [0.25, 0.3) is 0 Å². The van der Waals surface area contributed by atoms with Crippen LogP contribution in [0.1, 0.15) is 68.9 Å². The molecule has 1 aromatic heterocycles. The molecule has 6 heteroatoms. The van der Waals surface area contributed by atoms with Crippen molar-refractivity contribution >= 4 is 5.91 Å². The lowest BCUT2D eigenvalue weighted by molar-refractivity contribution is -0.126. The van der Waals surface area contributed by atoms with Gasteiger partial charge < -0.3 is 5.32 Å². The number of carbonyl (C=O) groups excluding carboxylic acids is 1. The van der Waals surface area contributed by atoms with E-state index >= 15 is 0 Å². The van der Waals surface area contributed by atoms with Gasteiger partial charge in [0, 0.05) is 17.9 Å². The number of nitrogens with zero attached hydrogens (tertiary/aromatic N) is 3. The van der Waals surface area contributed by atoms with E-state index in [4.69, 9.17) is 0 Å². The molecule has 120 valence electrons. The molecule has 0 bridgehead atoms. The predicted octanol–water partition coefficient (Wildman–Crippen LogP) is 1.53. The minimum atomic E-state index is -0.0155. The van der Waals surface area contributed by atoms with E-state index in [9.17, 15) is 4.79 Å². The Kier molecular flexibility index (Phi) is 3.64. The van der Waals surface area contributed by atoms with Crippen LogP contribution in [0.4, 0.5) is 0 Å². The van der Waals surface area contributed by atoms with Crippen molar-refractivity contribution in [3.05, 3.63) is 11.6 Å². The summed E-state index contributed by atoms with van der Waals surface area (Å²) in [6.07, 6.45) is 6.89. The van der Waals surface area contributed by atoms with Crippen molar-refractivity contribution in [1.82, 2.24) is 25.4 Å². The summed E-state index contributed by atoms with van der Waals surface area (Å²) in [4.78, 5) is 19.1. The molecule has 6 nitrogen and oxygen atoms in total. The van der Waals surface area contributed by atoms with Crippen LogP contribution in [-0.4, -0.2) is 51.2 Å². The van der Waals surface area contributed by atoms with Crippen molar-refractivity contribution in [3.63, 3.8) is 0 Å². The molecule has 3 fully saturated rings. The number of nitrogens with one attached hydrogen (secondary N) is 2. The van der Waals surface area contributed by atoms with Gasteiger partial charge in [0.1, 0.15) is 5.82 Å². The van der Waals surface area contributed by atoms with Crippen LogP contribution in [0.3, 0.4) is 0 Å². The molecule has 2 N–H and O–H groups in total. The van der Waals surface area contributed by atoms with Gasteiger partial charge in [0.25, 0.3) is 0 Å². The van der Waals surface area contributed by atoms with Gasteiger partial charge in [-0.2, -0.15) is 5.10 Å². The number of aromatic nitrogens is 3. The molecule has 0 radical (unpaired) electrons. The highest BCUT2D eigenvalue weighted by Gasteiger charge is 2.33. The molecule has 1 aliphatic heterocycles. The Bertz CT molecular complexity index is 540. The second kappa shape index (κ2) is 5.65. The lowest BCUT2D eigenvalue weighted by Crippen LogP contribution is -2.48. The lowest BCUT2D eigenvalue weighted by Gasteiger charge is -2.34. The highest BCUT2D eigenvalue weighted by atomic mass is 16.2. The minimum Gasteiger partial charge on any atom is -0.352 e. The van der Waals surface area contributed by atoms with Gasteiger partial charge in [-0.1, -0.05) is 0 Å². The van der Waals surface area contributed by atoms with Gasteiger partial charge in [0.15, 0.2) is 5.82 Å². The van der Waals surface area contributed by atoms with Gasteiger partial charge in [0.05, 0.1) is 6.04 Å². The fraction of sp³-hybridized carbons (Fsp3) is 0.812. The summed E-state index contributed by atoms with van der Waals surface area (Å²) in [5.41, 5.74) is 0. The van der Waals surface area contributed by atoms with Gasteiger partial charge in [-0.05, 0) is 58.5 Å². The molecule has 1 unspecified atom stereocenters. The topological polar surface area (TPSA) is 73.9 Å². The summed E-state index contributed by atoms with van der Waals surface area (Å²) in [5.74, 6) is 3.33. The van der Waals surface area contributed by atoms with Crippen molar-refractivity contribution in [2.75, 3.05) is 13.1 Å². The molecular formula is C16H25N5O. The van der Waals surface area contributed by atoms with Crippen molar-refractivity contribution in [2.24, 2.45) is 0 Å². The zero-order chi connectivity index (χ0) is 15.1. The molecule has 3 aliphatic rings. The molecule has 0 spiro atoms. The van der Waals surface area contributed by atoms with Crippen LogP contribution < -0.4 is 5.32 Å². The smallest absolute Gasteiger partial charge is 0.237 e. The minimum absolute atomic E-state index is 0.0155. The third kappa shape index (κ3) is 3.02. The molecule has 2 saturated carbocycles. The van der Waals surface area contributed by atoms with E-state index in [1.165, 1.54) is 12.8 Å². The molecule has 1 aromatic rings. The fourth-order valence-electron chi connectivity index (χ4n) is 3.27. The summed E-state index contributed by atoms with van der Waals surface area (Å²) in [5, 5.41) is 10.6. The van der Waals surface area contributed by atoms with E-state index in [0.29, 0.717) is 17.9 Å².